The predicted octanol–water partition coefficient (Wildman–Crippen LogP) is 2.54. The molecular formula is C15H13N3O2. The number of hydrogen-bond acceptors (Lipinski definition) is 4. The van der Waals surface area contributed by atoms with Crippen molar-refractivity contribution in [3.05, 3.63) is 55.2 Å². The molecule has 2 aromatic heterocycles. The van der Waals surface area contributed by atoms with Gasteiger partial charge in [0.2, 0.25) is 5.91 Å². The molecule has 0 saturated heterocycles. The zero-order valence-electron chi connectivity index (χ0n) is 10.8. The fraction of sp³-hybridized carbons (Fsp3) is 0.133. The van der Waals surface area contributed by atoms with Gasteiger partial charge in [-0.3, -0.25) is 14.3 Å². The van der Waals surface area contributed by atoms with Crippen molar-refractivity contribution in [3.63, 3.8) is 0 Å². The number of aromatic nitrogens is 3. The first-order chi connectivity index (χ1) is 9.84. The lowest BCUT2D eigenvalue weighted by atomic mass is 10.2. The number of imidazole rings is 1. The molecule has 0 N–H and O–H groups in total. The number of pyridine rings is 1. The molecule has 5 heteroatoms. The van der Waals surface area contributed by atoms with Crippen LogP contribution in [-0.4, -0.2) is 27.0 Å². The minimum Gasteiger partial charge on any atom is -0.491 e. The Balaban J connectivity index is 1.67. The summed E-state index contributed by atoms with van der Waals surface area (Å²) < 4.78 is 7.12. The summed E-state index contributed by atoms with van der Waals surface area (Å²) in [5.74, 6) is 0.650. The number of nitrogens with zero attached hydrogens (tertiary/aromatic N) is 3. The van der Waals surface area contributed by atoms with Gasteiger partial charge in [-0.1, -0.05) is 18.2 Å². The molecule has 0 atom stereocenters. The van der Waals surface area contributed by atoms with E-state index in [1.165, 1.54) is 10.9 Å². The van der Waals surface area contributed by atoms with Gasteiger partial charge in [0.1, 0.15) is 17.6 Å². The van der Waals surface area contributed by atoms with E-state index in [4.69, 9.17) is 4.74 Å². The van der Waals surface area contributed by atoms with Crippen LogP contribution in [-0.2, 0) is 0 Å². The molecular weight excluding hydrogens is 254 g/mol. The molecule has 0 saturated carbocycles. The third-order valence-corrected chi connectivity index (χ3v) is 2.96. The molecule has 1 aromatic carbocycles. The number of fused-ring (bicyclic) bond motifs is 1. The van der Waals surface area contributed by atoms with Gasteiger partial charge in [0, 0.05) is 24.0 Å². The quantitative estimate of drug-likeness (QED) is 0.729. The molecule has 0 aliphatic rings. The maximum atomic E-state index is 11.8. The van der Waals surface area contributed by atoms with E-state index in [0.717, 1.165) is 10.9 Å². The van der Waals surface area contributed by atoms with Crippen LogP contribution in [0.5, 0.6) is 5.75 Å². The number of benzene rings is 1. The van der Waals surface area contributed by atoms with E-state index in [0.29, 0.717) is 18.8 Å². The third-order valence-electron chi connectivity index (χ3n) is 2.96. The molecule has 0 bridgehead atoms. The summed E-state index contributed by atoms with van der Waals surface area (Å²) in [5, 5.41) is 1.02. The Hall–Kier alpha value is -2.69. The summed E-state index contributed by atoms with van der Waals surface area (Å²) in [6.45, 7) is 0.312. The number of carbonyl (C=O) groups excluding carboxylic acids is 1. The minimum absolute atomic E-state index is 0.0457. The smallest absolute Gasteiger partial charge is 0.235 e. The zero-order chi connectivity index (χ0) is 13.8. The van der Waals surface area contributed by atoms with E-state index < -0.39 is 0 Å². The van der Waals surface area contributed by atoms with Gasteiger partial charge in [-0.2, -0.15) is 0 Å². The Kier molecular flexibility index (Phi) is 3.41. The van der Waals surface area contributed by atoms with Crippen molar-refractivity contribution in [1.82, 2.24) is 14.5 Å². The maximum Gasteiger partial charge on any atom is 0.235 e. The molecule has 5 nitrogen and oxygen atoms in total. The third kappa shape index (κ3) is 2.51. The lowest BCUT2D eigenvalue weighted by Crippen LogP contribution is -2.12. The molecule has 0 fully saturated rings. The van der Waals surface area contributed by atoms with E-state index >= 15 is 0 Å². The van der Waals surface area contributed by atoms with Gasteiger partial charge in [0.05, 0.1) is 13.0 Å². The van der Waals surface area contributed by atoms with Gasteiger partial charge < -0.3 is 4.74 Å². The topological polar surface area (TPSA) is 57.0 Å². The second-order valence-corrected chi connectivity index (χ2v) is 4.29. The van der Waals surface area contributed by atoms with Gasteiger partial charge in [-0.25, -0.2) is 4.98 Å². The Morgan fingerprint density at radius 3 is 2.95 bits per heavy atom. The molecule has 0 spiro atoms. The number of carbonyl (C=O) groups is 1. The van der Waals surface area contributed by atoms with Crippen LogP contribution in [0.15, 0.2) is 55.2 Å². The summed E-state index contributed by atoms with van der Waals surface area (Å²) >= 11 is 0. The van der Waals surface area contributed by atoms with Crippen LogP contribution < -0.4 is 4.74 Å². The number of hydrogen-bond donors (Lipinski definition) is 0. The van der Waals surface area contributed by atoms with Crippen molar-refractivity contribution in [3.8, 4) is 5.75 Å². The van der Waals surface area contributed by atoms with E-state index in [1.807, 2.05) is 30.3 Å². The van der Waals surface area contributed by atoms with Crippen molar-refractivity contribution in [2.45, 2.75) is 6.42 Å². The largest absolute Gasteiger partial charge is 0.491 e. The molecule has 3 rings (SSSR count). The van der Waals surface area contributed by atoms with E-state index in [1.54, 1.807) is 18.6 Å². The molecule has 0 amide bonds. The van der Waals surface area contributed by atoms with Crippen molar-refractivity contribution < 1.29 is 9.53 Å². The van der Waals surface area contributed by atoms with Crippen LogP contribution in [0, 0.1) is 0 Å². The van der Waals surface area contributed by atoms with Crippen molar-refractivity contribution >= 4 is 16.8 Å². The highest BCUT2D eigenvalue weighted by molar-refractivity contribution is 5.84. The Labute approximate surface area is 115 Å². The molecule has 20 heavy (non-hydrogen) atoms. The Morgan fingerprint density at radius 1 is 1.20 bits per heavy atom. The minimum atomic E-state index is -0.0457. The van der Waals surface area contributed by atoms with Crippen molar-refractivity contribution in [2.24, 2.45) is 0 Å². The van der Waals surface area contributed by atoms with Crippen LogP contribution in [0.4, 0.5) is 0 Å². The summed E-state index contributed by atoms with van der Waals surface area (Å²) in [6.07, 6.45) is 6.71. The van der Waals surface area contributed by atoms with E-state index in [-0.39, 0.29) is 5.91 Å². The highest BCUT2D eigenvalue weighted by Crippen LogP contribution is 2.22. The summed E-state index contributed by atoms with van der Waals surface area (Å²) in [6, 6.07) is 9.61. The second kappa shape index (κ2) is 5.52. The number of para-hydroxylation sites is 1. The predicted molar refractivity (Wildman–Crippen MR) is 74.7 cm³/mol. The summed E-state index contributed by atoms with van der Waals surface area (Å²) in [4.78, 5) is 19.9. The maximum absolute atomic E-state index is 11.8. The SMILES string of the molecule is O=C(CCOc1cccc2cccnc12)n1ccnc1. The van der Waals surface area contributed by atoms with Crippen LogP contribution in [0.2, 0.25) is 0 Å². The molecule has 0 aliphatic carbocycles. The first-order valence-electron chi connectivity index (χ1n) is 6.32. The summed E-state index contributed by atoms with van der Waals surface area (Å²) in [7, 11) is 0. The molecule has 0 radical (unpaired) electrons. The van der Waals surface area contributed by atoms with Crippen molar-refractivity contribution in [1.29, 1.82) is 0 Å². The normalized spacial score (nSPS) is 10.6. The van der Waals surface area contributed by atoms with Gasteiger partial charge in [0.15, 0.2) is 0 Å². The van der Waals surface area contributed by atoms with Crippen LogP contribution in [0.3, 0.4) is 0 Å². The highest BCUT2D eigenvalue weighted by Gasteiger charge is 2.06. The first-order valence-corrected chi connectivity index (χ1v) is 6.32. The van der Waals surface area contributed by atoms with Gasteiger partial charge in [0.25, 0.3) is 0 Å². The summed E-state index contributed by atoms with van der Waals surface area (Å²) in [5.41, 5.74) is 0.810. The second-order valence-electron chi connectivity index (χ2n) is 4.29. The molecule has 0 unspecified atom stereocenters. The molecule has 2 heterocycles. The Bertz CT molecular complexity index is 718. The van der Waals surface area contributed by atoms with E-state index in [2.05, 4.69) is 9.97 Å². The average Bonchev–Trinajstić information content (AvgIpc) is 3.02. The Morgan fingerprint density at radius 2 is 2.10 bits per heavy atom. The van der Waals surface area contributed by atoms with Crippen LogP contribution in [0.25, 0.3) is 10.9 Å². The van der Waals surface area contributed by atoms with Crippen molar-refractivity contribution in [2.75, 3.05) is 6.61 Å². The lowest BCUT2D eigenvalue weighted by Gasteiger charge is -2.08. The molecule has 100 valence electrons. The van der Waals surface area contributed by atoms with Gasteiger partial charge in [-0.15, -0.1) is 0 Å². The molecule has 3 aromatic rings. The average molecular weight is 267 g/mol. The zero-order valence-corrected chi connectivity index (χ0v) is 10.8. The number of rotatable bonds is 4. The van der Waals surface area contributed by atoms with Crippen LogP contribution in [0.1, 0.15) is 11.2 Å². The lowest BCUT2D eigenvalue weighted by molar-refractivity contribution is 0.0881. The first kappa shape index (κ1) is 12.3. The van der Waals surface area contributed by atoms with E-state index in [9.17, 15) is 4.79 Å². The van der Waals surface area contributed by atoms with Crippen LogP contribution >= 0.6 is 0 Å². The fourth-order valence-corrected chi connectivity index (χ4v) is 1.98. The molecule has 0 aliphatic heterocycles. The number of ether oxygens (including phenoxy) is 1. The fourth-order valence-electron chi connectivity index (χ4n) is 1.98. The standard InChI is InChI=1S/C15H13N3O2/c19-14(18-9-8-16-11-18)6-10-20-13-5-1-3-12-4-2-7-17-15(12)13/h1-5,7-9,11H,6,10H2. The highest BCUT2D eigenvalue weighted by atomic mass is 16.5. The monoisotopic (exact) mass is 267 g/mol. The van der Waals surface area contributed by atoms with Gasteiger partial charge >= 0.3 is 0 Å². The van der Waals surface area contributed by atoms with Gasteiger partial charge in [-0.05, 0) is 12.1 Å².